The lowest BCUT2D eigenvalue weighted by molar-refractivity contribution is -0.123. The minimum atomic E-state index is 0.0187. The molecule has 0 saturated heterocycles. The molecule has 1 amide bonds. The Morgan fingerprint density at radius 1 is 1.19 bits per heavy atom. The Hall–Kier alpha value is -2.29. The monoisotopic (exact) mass is 281 g/mol. The number of rotatable bonds is 4. The third-order valence-electron chi connectivity index (χ3n) is 3.76. The third kappa shape index (κ3) is 2.64. The van der Waals surface area contributed by atoms with Gasteiger partial charge in [-0.2, -0.15) is 0 Å². The first-order valence-electron chi connectivity index (χ1n) is 7.32. The predicted molar refractivity (Wildman–Crippen MR) is 85.3 cm³/mol. The van der Waals surface area contributed by atoms with Gasteiger partial charge in [0.25, 0.3) is 0 Å². The second kappa shape index (κ2) is 5.60. The molecular formula is C18H19NO2. The fourth-order valence-electron chi connectivity index (χ4n) is 2.60. The van der Waals surface area contributed by atoms with Crippen molar-refractivity contribution in [3.05, 3.63) is 48.2 Å². The van der Waals surface area contributed by atoms with Gasteiger partial charge in [-0.15, -0.1) is 0 Å². The van der Waals surface area contributed by atoms with Crippen LogP contribution in [0.1, 0.15) is 19.4 Å². The van der Waals surface area contributed by atoms with Crippen molar-refractivity contribution in [3.8, 4) is 0 Å². The van der Waals surface area contributed by atoms with Gasteiger partial charge in [-0.25, -0.2) is 0 Å². The zero-order valence-corrected chi connectivity index (χ0v) is 12.3. The van der Waals surface area contributed by atoms with E-state index in [9.17, 15) is 4.79 Å². The van der Waals surface area contributed by atoms with Gasteiger partial charge in [0.15, 0.2) is 0 Å². The van der Waals surface area contributed by atoms with Crippen molar-refractivity contribution in [2.24, 2.45) is 5.92 Å². The molecule has 1 heterocycles. The number of hydrogen-bond donors (Lipinski definition) is 1. The Balaban J connectivity index is 1.90. The Morgan fingerprint density at radius 3 is 2.81 bits per heavy atom. The summed E-state index contributed by atoms with van der Waals surface area (Å²) in [6.45, 7) is 4.43. The van der Waals surface area contributed by atoms with Gasteiger partial charge in [-0.1, -0.05) is 38.1 Å². The van der Waals surface area contributed by atoms with Crippen LogP contribution in [-0.4, -0.2) is 12.5 Å². The molecule has 3 aromatic rings. The Kier molecular flexibility index (Phi) is 3.65. The fraction of sp³-hybridized carbons (Fsp3) is 0.278. The molecular weight excluding hydrogens is 262 g/mol. The van der Waals surface area contributed by atoms with Crippen molar-refractivity contribution in [2.75, 3.05) is 6.54 Å². The fourth-order valence-corrected chi connectivity index (χ4v) is 2.60. The summed E-state index contributed by atoms with van der Waals surface area (Å²) in [7, 11) is 0. The molecule has 1 N–H and O–H groups in total. The topological polar surface area (TPSA) is 42.2 Å². The maximum atomic E-state index is 11.6. The van der Waals surface area contributed by atoms with Gasteiger partial charge < -0.3 is 9.73 Å². The number of fused-ring (bicyclic) bond motifs is 3. The average molecular weight is 281 g/mol. The summed E-state index contributed by atoms with van der Waals surface area (Å²) in [5.41, 5.74) is 2.06. The highest BCUT2D eigenvalue weighted by molar-refractivity contribution is 6.07. The van der Waals surface area contributed by atoms with Crippen LogP contribution < -0.4 is 5.32 Å². The molecule has 0 aliphatic rings. The van der Waals surface area contributed by atoms with E-state index in [4.69, 9.17) is 4.42 Å². The van der Waals surface area contributed by atoms with Crippen molar-refractivity contribution >= 4 is 27.6 Å². The number of nitrogens with one attached hydrogen (secondary N) is 1. The summed E-state index contributed by atoms with van der Waals surface area (Å²) in [6.07, 6.45) is 2.50. The second-order valence-corrected chi connectivity index (χ2v) is 5.62. The average Bonchev–Trinajstić information content (AvgIpc) is 2.97. The van der Waals surface area contributed by atoms with Gasteiger partial charge in [-0.05, 0) is 34.9 Å². The van der Waals surface area contributed by atoms with Gasteiger partial charge in [0.1, 0.15) is 5.58 Å². The lowest BCUT2D eigenvalue weighted by atomic mass is 10.0. The van der Waals surface area contributed by atoms with Crippen molar-refractivity contribution < 1.29 is 9.21 Å². The van der Waals surface area contributed by atoms with E-state index in [2.05, 4.69) is 23.5 Å². The summed E-state index contributed by atoms with van der Waals surface area (Å²) in [4.78, 5) is 11.6. The lowest BCUT2D eigenvalue weighted by Gasteiger charge is -2.09. The van der Waals surface area contributed by atoms with Crippen LogP contribution in [0.2, 0.25) is 0 Å². The van der Waals surface area contributed by atoms with E-state index in [0.29, 0.717) is 6.54 Å². The van der Waals surface area contributed by atoms with E-state index in [-0.39, 0.29) is 11.8 Å². The van der Waals surface area contributed by atoms with Crippen LogP contribution in [0.25, 0.3) is 21.7 Å². The van der Waals surface area contributed by atoms with Crippen LogP contribution in [0, 0.1) is 5.92 Å². The Labute approximate surface area is 123 Å². The van der Waals surface area contributed by atoms with E-state index in [1.54, 1.807) is 6.26 Å². The van der Waals surface area contributed by atoms with Gasteiger partial charge >= 0.3 is 0 Å². The molecule has 21 heavy (non-hydrogen) atoms. The largest absolute Gasteiger partial charge is 0.464 e. The molecule has 0 unspecified atom stereocenters. The molecule has 0 aliphatic carbocycles. The number of carbonyl (C=O) groups excluding carboxylic acids is 1. The van der Waals surface area contributed by atoms with Crippen molar-refractivity contribution in [3.63, 3.8) is 0 Å². The third-order valence-corrected chi connectivity index (χ3v) is 3.76. The van der Waals surface area contributed by atoms with E-state index in [1.807, 2.05) is 32.0 Å². The summed E-state index contributed by atoms with van der Waals surface area (Å²) >= 11 is 0. The number of furan rings is 1. The molecule has 0 atom stereocenters. The first-order chi connectivity index (χ1) is 10.2. The van der Waals surface area contributed by atoms with Gasteiger partial charge in [0, 0.05) is 17.8 Å². The SMILES string of the molecule is CC(C)C(=O)NCCc1cc2ccccc2c2ccoc12. The smallest absolute Gasteiger partial charge is 0.222 e. The molecule has 108 valence electrons. The molecule has 0 fully saturated rings. The highest BCUT2D eigenvalue weighted by atomic mass is 16.3. The number of amides is 1. The quantitative estimate of drug-likeness (QED) is 0.788. The highest BCUT2D eigenvalue weighted by Crippen LogP contribution is 2.29. The maximum Gasteiger partial charge on any atom is 0.222 e. The molecule has 0 radical (unpaired) electrons. The van der Waals surface area contributed by atoms with E-state index >= 15 is 0 Å². The van der Waals surface area contributed by atoms with E-state index < -0.39 is 0 Å². The first kappa shape index (κ1) is 13.7. The Bertz CT molecular complexity index is 786. The van der Waals surface area contributed by atoms with Crippen molar-refractivity contribution in [1.29, 1.82) is 0 Å². The summed E-state index contributed by atoms with van der Waals surface area (Å²) < 4.78 is 5.65. The minimum Gasteiger partial charge on any atom is -0.464 e. The molecule has 0 bridgehead atoms. The molecule has 1 aromatic heterocycles. The van der Waals surface area contributed by atoms with Crippen LogP contribution >= 0.6 is 0 Å². The van der Waals surface area contributed by atoms with Crippen LogP contribution in [-0.2, 0) is 11.2 Å². The highest BCUT2D eigenvalue weighted by Gasteiger charge is 2.10. The van der Waals surface area contributed by atoms with Crippen molar-refractivity contribution in [2.45, 2.75) is 20.3 Å². The zero-order valence-electron chi connectivity index (χ0n) is 12.3. The van der Waals surface area contributed by atoms with Crippen LogP contribution in [0.5, 0.6) is 0 Å². The number of hydrogen-bond acceptors (Lipinski definition) is 2. The Morgan fingerprint density at radius 2 is 2.00 bits per heavy atom. The van der Waals surface area contributed by atoms with E-state index in [1.165, 1.54) is 10.8 Å². The summed E-state index contributed by atoms with van der Waals surface area (Å²) in [5.74, 6) is 0.108. The normalized spacial score (nSPS) is 11.4. The molecule has 0 saturated carbocycles. The van der Waals surface area contributed by atoms with Gasteiger partial charge in [0.2, 0.25) is 5.91 Å². The second-order valence-electron chi connectivity index (χ2n) is 5.62. The maximum absolute atomic E-state index is 11.6. The van der Waals surface area contributed by atoms with Crippen LogP contribution in [0.3, 0.4) is 0 Å². The minimum absolute atomic E-state index is 0.0187. The number of benzene rings is 2. The van der Waals surface area contributed by atoms with Gasteiger partial charge in [0.05, 0.1) is 6.26 Å². The molecule has 0 spiro atoms. The van der Waals surface area contributed by atoms with E-state index in [0.717, 1.165) is 23.0 Å². The summed E-state index contributed by atoms with van der Waals surface area (Å²) in [6, 6.07) is 12.5. The zero-order chi connectivity index (χ0) is 14.8. The lowest BCUT2D eigenvalue weighted by Crippen LogP contribution is -2.29. The predicted octanol–water partition coefficient (Wildman–Crippen LogP) is 3.90. The molecule has 0 aliphatic heterocycles. The van der Waals surface area contributed by atoms with Crippen molar-refractivity contribution in [1.82, 2.24) is 5.32 Å². The van der Waals surface area contributed by atoms with Crippen LogP contribution in [0.4, 0.5) is 0 Å². The molecule has 2 aromatic carbocycles. The molecule has 3 nitrogen and oxygen atoms in total. The standard InChI is InChI=1S/C18H19NO2/c1-12(2)18(20)19-9-7-14-11-13-5-3-4-6-15(13)16-8-10-21-17(14)16/h3-6,8,10-12H,7,9H2,1-2H3,(H,19,20). The number of carbonyl (C=O) groups is 1. The van der Waals surface area contributed by atoms with Crippen LogP contribution in [0.15, 0.2) is 47.1 Å². The molecule has 3 rings (SSSR count). The van der Waals surface area contributed by atoms with Gasteiger partial charge in [-0.3, -0.25) is 4.79 Å². The first-order valence-corrected chi connectivity index (χ1v) is 7.32. The summed E-state index contributed by atoms with van der Waals surface area (Å²) in [5, 5.41) is 6.50. The molecule has 3 heteroatoms.